The lowest BCUT2D eigenvalue weighted by atomic mass is 10.1. The zero-order valence-electron chi connectivity index (χ0n) is 10.3. The summed E-state index contributed by atoms with van der Waals surface area (Å²) in [4.78, 5) is 14.1. The molecule has 17 heavy (non-hydrogen) atoms. The zero-order chi connectivity index (χ0) is 12.3. The molecule has 0 aliphatic carbocycles. The summed E-state index contributed by atoms with van der Waals surface area (Å²) in [5.74, 6) is 0.0212. The molecule has 3 atom stereocenters. The highest BCUT2D eigenvalue weighted by Crippen LogP contribution is 2.23. The molecule has 0 aromatic carbocycles. The Morgan fingerprint density at radius 1 is 1.53 bits per heavy atom. The minimum absolute atomic E-state index is 0.0212. The Morgan fingerprint density at radius 3 is 3.00 bits per heavy atom. The Kier molecular flexibility index (Phi) is 4.36. The average molecular weight is 243 g/mol. The van der Waals surface area contributed by atoms with Crippen LogP contribution in [0.1, 0.15) is 26.2 Å². The molecule has 3 unspecified atom stereocenters. The lowest BCUT2D eigenvalue weighted by Gasteiger charge is -2.31. The molecule has 0 bridgehead atoms. The van der Waals surface area contributed by atoms with E-state index in [1.165, 1.54) is 0 Å². The first-order valence-electron chi connectivity index (χ1n) is 6.36. The van der Waals surface area contributed by atoms with E-state index < -0.39 is 6.10 Å². The molecule has 2 aliphatic heterocycles. The summed E-state index contributed by atoms with van der Waals surface area (Å²) < 4.78 is 10.7. The number of aliphatic hydroxyl groups is 1. The quantitative estimate of drug-likeness (QED) is 0.767. The molecule has 0 aromatic heterocycles. The SMILES string of the molecule is CC(O)CC1CCCN1C(=O)C1COCCO1. The standard InChI is InChI=1S/C12H21NO4/c1-9(14)7-10-3-2-4-13(10)12(15)11-8-16-5-6-17-11/h9-11,14H,2-8H2,1H3. The van der Waals surface area contributed by atoms with Gasteiger partial charge in [0.2, 0.25) is 0 Å². The van der Waals surface area contributed by atoms with Crippen molar-refractivity contribution in [3.63, 3.8) is 0 Å². The number of ether oxygens (including phenoxy) is 2. The van der Waals surface area contributed by atoms with E-state index in [1.807, 2.05) is 4.90 Å². The van der Waals surface area contributed by atoms with Gasteiger partial charge in [-0.3, -0.25) is 4.79 Å². The topological polar surface area (TPSA) is 59.0 Å². The first-order chi connectivity index (χ1) is 8.18. The molecule has 1 N–H and O–H groups in total. The van der Waals surface area contributed by atoms with Gasteiger partial charge in [-0.15, -0.1) is 0 Å². The molecule has 98 valence electrons. The molecule has 0 aromatic rings. The van der Waals surface area contributed by atoms with Crippen LogP contribution in [0.15, 0.2) is 0 Å². The highest BCUT2D eigenvalue weighted by atomic mass is 16.6. The van der Waals surface area contributed by atoms with Crippen molar-refractivity contribution in [3.8, 4) is 0 Å². The van der Waals surface area contributed by atoms with Crippen molar-refractivity contribution in [1.29, 1.82) is 0 Å². The molecule has 2 rings (SSSR count). The van der Waals surface area contributed by atoms with Gasteiger partial charge < -0.3 is 19.5 Å². The fraction of sp³-hybridized carbons (Fsp3) is 0.917. The fourth-order valence-corrected chi connectivity index (χ4v) is 2.58. The molecule has 2 heterocycles. The summed E-state index contributed by atoms with van der Waals surface area (Å²) in [7, 11) is 0. The number of carbonyl (C=O) groups is 1. The number of nitrogens with zero attached hydrogens (tertiary/aromatic N) is 1. The van der Waals surface area contributed by atoms with Crippen molar-refractivity contribution >= 4 is 5.91 Å². The van der Waals surface area contributed by atoms with E-state index in [9.17, 15) is 9.90 Å². The molecule has 1 amide bonds. The van der Waals surface area contributed by atoms with Gasteiger partial charge in [-0.2, -0.15) is 0 Å². The van der Waals surface area contributed by atoms with E-state index >= 15 is 0 Å². The highest BCUT2D eigenvalue weighted by Gasteiger charge is 2.34. The van der Waals surface area contributed by atoms with Crippen LogP contribution in [0.25, 0.3) is 0 Å². The molecule has 2 aliphatic rings. The van der Waals surface area contributed by atoms with Gasteiger partial charge in [-0.1, -0.05) is 0 Å². The number of hydrogen-bond donors (Lipinski definition) is 1. The second-order valence-electron chi connectivity index (χ2n) is 4.85. The van der Waals surface area contributed by atoms with E-state index in [0.717, 1.165) is 19.4 Å². The van der Waals surface area contributed by atoms with Crippen molar-refractivity contribution in [2.45, 2.75) is 44.4 Å². The second-order valence-corrected chi connectivity index (χ2v) is 4.85. The summed E-state index contributed by atoms with van der Waals surface area (Å²) >= 11 is 0. The average Bonchev–Trinajstić information content (AvgIpc) is 2.76. The number of hydrogen-bond acceptors (Lipinski definition) is 4. The minimum atomic E-state index is -0.446. The Hall–Kier alpha value is -0.650. The summed E-state index contributed by atoms with van der Waals surface area (Å²) in [6.07, 6.45) is 1.83. The molecular formula is C12H21NO4. The van der Waals surface area contributed by atoms with E-state index in [-0.39, 0.29) is 18.1 Å². The monoisotopic (exact) mass is 243 g/mol. The Balaban J connectivity index is 1.92. The molecule has 0 saturated carbocycles. The van der Waals surface area contributed by atoms with E-state index in [1.54, 1.807) is 6.92 Å². The smallest absolute Gasteiger partial charge is 0.254 e. The van der Waals surface area contributed by atoms with Crippen LogP contribution in [-0.4, -0.2) is 60.5 Å². The van der Waals surface area contributed by atoms with Crippen LogP contribution < -0.4 is 0 Å². The van der Waals surface area contributed by atoms with Gasteiger partial charge in [-0.25, -0.2) is 0 Å². The molecule has 2 fully saturated rings. The van der Waals surface area contributed by atoms with E-state index in [0.29, 0.717) is 26.2 Å². The van der Waals surface area contributed by atoms with Crippen molar-refractivity contribution in [1.82, 2.24) is 4.90 Å². The minimum Gasteiger partial charge on any atom is -0.393 e. The predicted molar refractivity (Wildman–Crippen MR) is 61.6 cm³/mol. The highest BCUT2D eigenvalue weighted by molar-refractivity contribution is 5.81. The van der Waals surface area contributed by atoms with Crippen LogP contribution in [0, 0.1) is 0 Å². The molecule has 5 heteroatoms. The summed E-state index contributed by atoms with van der Waals surface area (Å²) in [5, 5.41) is 9.43. The number of rotatable bonds is 3. The Labute approximate surface area is 102 Å². The van der Waals surface area contributed by atoms with Gasteiger partial charge >= 0.3 is 0 Å². The first kappa shape index (κ1) is 12.8. The maximum Gasteiger partial charge on any atom is 0.254 e. The summed E-state index contributed by atoms with van der Waals surface area (Å²) in [5.41, 5.74) is 0. The van der Waals surface area contributed by atoms with Crippen molar-refractivity contribution in [2.24, 2.45) is 0 Å². The van der Waals surface area contributed by atoms with Crippen LogP contribution >= 0.6 is 0 Å². The molecule has 2 saturated heterocycles. The maximum absolute atomic E-state index is 12.2. The lowest BCUT2D eigenvalue weighted by molar-refractivity contribution is -0.159. The molecular weight excluding hydrogens is 222 g/mol. The third kappa shape index (κ3) is 3.18. The third-order valence-electron chi connectivity index (χ3n) is 3.36. The molecule has 5 nitrogen and oxygen atoms in total. The third-order valence-corrected chi connectivity index (χ3v) is 3.36. The van der Waals surface area contributed by atoms with Crippen LogP contribution in [0.4, 0.5) is 0 Å². The number of carbonyl (C=O) groups excluding carboxylic acids is 1. The normalized spacial score (nSPS) is 31.5. The van der Waals surface area contributed by atoms with Crippen LogP contribution in [0.5, 0.6) is 0 Å². The fourth-order valence-electron chi connectivity index (χ4n) is 2.58. The Bertz CT molecular complexity index is 263. The predicted octanol–water partition coefficient (Wildman–Crippen LogP) is 0.164. The molecule has 0 radical (unpaired) electrons. The van der Waals surface area contributed by atoms with Gasteiger partial charge in [0.25, 0.3) is 5.91 Å². The van der Waals surface area contributed by atoms with Crippen molar-refractivity contribution in [2.75, 3.05) is 26.4 Å². The lowest BCUT2D eigenvalue weighted by Crippen LogP contribution is -2.47. The number of aliphatic hydroxyl groups excluding tert-OH is 1. The van der Waals surface area contributed by atoms with Gasteiger partial charge in [-0.05, 0) is 26.2 Å². The molecule has 0 spiro atoms. The van der Waals surface area contributed by atoms with Crippen LogP contribution in [0.2, 0.25) is 0 Å². The van der Waals surface area contributed by atoms with Gasteiger partial charge in [0.05, 0.1) is 25.9 Å². The Morgan fingerprint density at radius 2 is 2.35 bits per heavy atom. The summed E-state index contributed by atoms with van der Waals surface area (Å²) in [6, 6.07) is 0.160. The van der Waals surface area contributed by atoms with E-state index in [2.05, 4.69) is 0 Å². The summed E-state index contributed by atoms with van der Waals surface area (Å²) in [6.45, 7) is 3.96. The number of likely N-dealkylation sites (tertiary alicyclic amines) is 1. The first-order valence-corrected chi connectivity index (χ1v) is 6.36. The van der Waals surface area contributed by atoms with Crippen LogP contribution in [-0.2, 0) is 14.3 Å². The van der Waals surface area contributed by atoms with Crippen LogP contribution in [0.3, 0.4) is 0 Å². The van der Waals surface area contributed by atoms with Gasteiger partial charge in [0.15, 0.2) is 6.10 Å². The largest absolute Gasteiger partial charge is 0.393 e. The van der Waals surface area contributed by atoms with Crippen molar-refractivity contribution in [3.05, 3.63) is 0 Å². The van der Waals surface area contributed by atoms with Gasteiger partial charge in [0, 0.05) is 12.6 Å². The maximum atomic E-state index is 12.2. The second kappa shape index (κ2) is 5.80. The van der Waals surface area contributed by atoms with Crippen molar-refractivity contribution < 1.29 is 19.4 Å². The van der Waals surface area contributed by atoms with Gasteiger partial charge in [0.1, 0.15) is 0 Å². The number of amides is 1. The zero-order valence-corrected chi connectivity index (χ0v) is 10.3. The van der Waals surface area contributed by atoms with E-state index in [4.69, 9.17) is 9.47 Å².